The molecule has 0 spiro atoms. The molecule has 2 aromatic rings. The lowest BCUT2D eigenvalue weighted by atomic mass is 10.2. The summed E-state index contributed by atoms with van der Waals surface area (Å²) in [7, 11) is -3.72. The van der Waals surface area contributed by atoms with Crippen LogP contribution in [0.25, 0.3) is 0 Å². The van der Waals surface area contributed by atoms with E-state index in [4.69, 9.17) is 10.2 Å². The van der Waals surface area contributed by atoms with Crippen LogP contribution in [0.15, 0.2) is 47.4 Å². The third-order valence-electron chi connectivity index (χ3n) is 6.16. The molecule has 34 heavy (non-hydrogen) atoms. The lowest BCUT2D eigenvalue weighted by molar-refractivity contribution is -0.138. The molecule has 0 radical (unpaired) electrons. The van der Waals surface area contributed by atoms with Crippen molar-refractivity contribution in [3.63, 3.8) is 0 Å². The van der Waals surface area contributed by atoms with E-state index in [2.05, 4.69) is 0 Å². The summed E-state index contributed by atoms with van der Waals surface area (Å²) in [5.41, 5.74) is 2.42. The maximum absolute atomic E-state index is 13.2. The Bertz CT molecular complexity index is 1220. The Morgan fingerprint density at radius 1 is 0.853 bits per heavy atom. The highest BCUT2D eigenvalue weighted by Crippen LogP contribution is 2.32. The molecule has 4 rings (SSSR count). The number of amides is 1. The van der Waals surface area contributed by atoms with Crippen LogP contribution in [0.2, 0.25) is 0 Å². The molecule has 2 aliphatic rings. The van der Waals surface area contributed by atoms with E-state index < -0.39 is 22.0 Å². The Morgan fingerprint density at radius 2 is 1.53 bits per heavy atom. The summed E-state index contributed by atoms with van der Waals surface area (Å²) >= 11 is 0. The number of nitrogens with zero attached hydrogens (tertiary/aromatic N) is 3. The standard InChI is InChI=1S/C23H25N3O7S/c27-21(7-8-22(28)29)26-10-9-17-15-19(5-6-20(17)26)34(32,33)25-13-11-24(12-14-25)18-3-1-16(2-4-18)23(30)31/h1-6,15H,7-14H2,(H,28,29)(H,30,31). The van der Waals surface area contributed by atoms with Gasteiger partial charge in [-0.15, -0.1) is 0 Å². The van der Waals surface area contributed by atoms with Crippen LogP contribution in [-0.4, -0.2) is 73.5 Å². The van der Waals surface area contributed by atoms with E-state index in [1.54, 1.807) is 24.3 Å². The van der Waals surface area contributed by atoms with E-state index in [0.717, 1.165) is 11.3 Å². The summed E-state index contributed by atoms with van der Waals surface area (Å²) < 4.78 is 27.9. The predicted molar refractivity (Wildman–Crippen MR) is 124 cm³/mol. The van der Waals surface area contributed by atoms with Gasteiger partial charge in [0.05, 0.1) is 16.9 Å². The van der Waals surface area contributed by atoms with Crippen molar-refractivity contribution < 1.29 is 33.0 Å². The number of aromatic carboxylic acids is 1. The van der Waals surface area contributed by atoms with Gasteiger partial charge in [0.2, 0.25) is 15.9 Å². The van der Waals surface area contributed by atoms with Gasteiger partial charge in [0.15, 0.2) is 0 Å². The smallest absolute Gasteiger partial charge is 0.335 e. The van der Waals surface area contributed by atoms with Gasteiger partial charge in [-0.25, -0.2) is 13.2 Å². The number of carbonyl (C=O) groups excluding carboxylic acids is 1. The highest BCUT2D eigenvalue weighted by atomic mass is 32.2. The van der Waals surface area contributed by atoms with Crippen LogP contribution in [0.4, 0.5) is 11.4 Å². The Labute approximate surface area is 197 Å². The fourth-order valence-corrected chi connectivity index (χ4v) is 5.77. The van der Waals surface area contributed by atoms with E-state index in [1.807, 2.05) is 4.90 Å². The molecule has 2 aromatic carbocycles. The predicted octanol–water partition coefficient (Wildman–Crippen LogP) is 1.65. The summed E-state index contributed by atoms with van der Waals surface area (Å²) in [4.78, 5) is 37.8. The fraction of sp³-hybridized carbons (Fsp3) is 0.348. The summed E-state index contributed by atoms with van der Waals surface area (Å²) in [5.74, 6) is -2.32. The topological polar surface area (TPSA) is 136 Å². The SMILES string of the molecule is O=C(O)CCC(=O)N1CCc2cc(S(=O)(=O)N3CCN(c4ccc(C(=O)O)cc4)CC3)ccc21. The van der Waals surface area contributed by atoms with Crippen molar-refractivity contribution in [2.24, 2.45) is 0 Å². The minimum Gasteiger partial charge on any atom is -0.481 e. The van der Waals surface area contributed by atoms with Crippen LogP contribution in [0.5, 0.6) is 0 Å². The van der Waals surface area contributed by atoms with E-state index in [-0.39, 0.29) is 29.2 Å². The minimum atomic E-state index is -3.72. The Morgan fingerprint density at radius 3 is 2.15 bits per heavy atom. The maximum Gasteiger partial charge on any atom is 0.335 e. The molecule has 0 atom stereocenters. The second kappa shape index (κ2) is 9.43. The second-order valence-electron chi connectivity index (χ2n) is 8.22. The first kappa shape index (κ1) is 23.7. The average molecular weight is 488 g/mol. The first-order valence-electron chi connectivity index (χ1n) is 10.9. The Kier molecular flexibility index (Phi) is 6.58. The van der Waals surface area contributed by atoms with Crippen LogP contribution in [-0.2, 0) is 26.0 Å². The largest absolute Gasteiger partial charge is 0.481 e. The summed E-state index contributed by atoms with van der Waals surface area (Å²) in [6, 6.07) is 11.2. The normalized spacial score (nSPS) is 16.4. The third kappa shape index (κ3) is 4.75. The van der Waals surface area contributed by atoms with E-state index in [9.17, 15) is 22.8 Å². The molecule has 2 aliphatic heterocycles. The van der Waals surface area contributed by atoms with Gasteiger partial charge >= 0.3 is 11.9 Å². The molecule has 0 aromatic heterocycles. The molecule has 1 saturated heterocycles. The van der Waals surface area contributed by atoms with Crippen molar-refractivity contribution in [3.8, 4) is 0 Å². The highest BCUT2D eigenvalue weighted by molar-refractivity contribution is 7.89. The van der Waals surface area contributed by atoms with Gasteiger partial charge in [0, 0.05) is 50.5 Å². The van der Waals surface area contributed by atoms with Crippen LogP contribution >= 0.6 is 0 Å². The van der Waals surface area contributed by atoms with Gasteiger partial charge < -0.3 is 20.0 Å². The molecule has 180 valence electrons. The number of piperazine rings is 1. The quantitative estimate of drug-likeness (QED) is 0.602. The summed E-state index contributed by atoms with van der Waals surface area (Å²) in [6.07, 6.45) is 0.169. The van der Waals surface area contributed by atoms with Crippen molar-refractivity contribution in [3.05, 3.63) is 53.6 Å². The highest BCUT2D eigenvalue weighted by Gasteiger charge is 2.31. The van der Waals surface area contributed by atoms with Crippen LogP contribution in [0.1, 0.15) is 28.8 Å². The van der Waals surface area contributed by atoms with Crippen molar-refractivity contribution >= 4 is 39.2 Å². The molecule has 10 nitrogen and oxygen atoms in total. The molecule has 0 saturated carbocycles. The van der Waals surface area contributed by atoms with Crippen LogP contribution in [0.3, 0.4) is 0 Å². The number of anilines is 2. The molecule has 2 heterocycles. The van der Waals surface area contributed by atoms with Crippen molar-refractivity contribution in [1.29, 1.82) is 0 Å². The lowest BCUT2D eigenvalue weighted by Crippen LogP contribution is -2.48. The molecule has 0 unspecified atom stereocenters. The van der Waals surface area contributed by atoms with Crippen molar-refractivity contribution in [2.75, 3.05) is 42.5 Å². The summed E-state index contributed by atoms with van der Waals surface area (Å²) in [5, 5.41) is 17.8. The van der Waals surface area contributed by atoms with Crippen molar-refractivity contribution in [1.82, 2.24) is 4.31 Å². The van der Waals surface area contributed by atoms with E-state index in [1.165, 1.54) is 27.4 Å². The minimum absolute atomic E-state index is 0.0991. The molecule has 1 amide bonds. The number of hydrogen-bond acceptors (Lipinski definition) is 6. The first-order chi connectivity index (χ1) is 16.2. The average Bonchev–Trinajstić information content (AvgIpc) is 3.26. The molecule has 0 aliphatic carbocycles. The van der Waals surface area contributed by atoms with Gasteiger partial charge in [-0.1, -0.05) is 0 Å². The van der Waals surface area contributed by atoms with E-state index >= 15 is 0 Å². The number of carboxylic acid groups (broad SMARTS) is 2. The molecule has 2 N–H and O–H groups in total. The van der Waals surface area contributed by atoms with Crippen LogP contribution in [0, 0.1) is 0 Å². The zero-order chi connectivity index (χ0) is 24.5. The lowest BCUT2D eigenvalue weighted by Gasteiger charge is -2.35. The number of fused-ring (bicyclic) bond motifs is 1. The first-order valence-corrected chi connectivity index (χ1v) is 12.3. The summed E-state index contributed by atoms with van der Waals surface area (Å²) in [6.45, 7) is 1.93. The number of rotatable bonds is 7. The monoisotopic (exact) mass is 487 g/mol. The van der Waals surface area contributed by atoms with Gasteiger partial charge in [-0.05, 0) is 54.4 Å². The fourth-order valence-electron chi connectivity index (χ4n) is 4.30. The molecule has 1 fully saturated rings. The zero-order valence-electron chi connectivity index (χ0n) is 18.4. The van der Waals surface area contributed by atoms with Gasteiger partial charge in [-0.3, -0.25) is 9.59 Å². The van der Waals surface area contributed by atoms with E-state index in [0.29, 0.717) is 44.8 Å². The number of aliphatic carboxylic acids is 1. The number of hydrogen-bond donors (Lipinski definition) is 2. The zero-order valence-corrected chi connectivity index (χ0v) is 19.2. The van der Waals surface area contributed by atoms with Gasteiger partial charge in [0.25, 0.3) is 0 Å². The Balaban J connectivity index is 1.43. The number of carboxylic acids is 2. The second-order valence-corrected chi connectivity index (χ2v) is 10.2. The molecular weight excluding hydrogens is 462 g/mol. The number of carbonyl (C=O) groups is 3. The van der Waals surface area contributed by atoms with Crippen molar-refractivity contribution in [2.45, 2.75) is 24.2 Å². The molecule has 0 bridgehead atoms. The Hall–Kier alpha value is -3.44. The molecular formula is C23H25N3O7S. The molecule has 11 heteroatoms. The third-order valence-corrected chi connectivity index (χ3v) is 8.05. The van der Waals surface area contributed by atoms with Gasteiger partial charge in [-0.2, -0.15) is 4.31 Å². The number of sulfonamides is 1. The maximum atomic E-state index is 13.2. The van der Waals surface area contributed by atoms with Crippen LogP contribution < -0.4 is 9.80 Å². The number of benzene rings is 2. The van der Waals surface area contributed by atoms with Gasteiger partial charge in [0.1, 0.15) is 0 Å².